The van der Waals surface area contributed by atoms with E-state index in [9.17, 15) is 0 Å². The third-order valence-corrected chi connectivity index (χ3v) is 14.6. The van der Waals surface area contributed by atoms with E-state index in [0.29, 0.717) is 11.8 Å². The van der Waals surface area contributed by atoms with Gasteiger partial charge in [-0.3, -0.25) is 0 Å². The third kappa shape index (κ3) is 5.69. The lowest BCUT2D eigenvalue weighted by atomic mass is 9.54. The zero-order chi connectivity index (χ0) is 38.3. The van der Waals surface area contributed by atoms with Gasteiger partial charge in [0, 0.05) is 27.8 Å². The van der Waals surface area contributed by atoms with Gasteiger partial charge >= 0.3 is 0 Å². The van der Waals surface area contributed by atoms with Crippen molar-refractivity contribution in [1.29, 1.82) is 0 Å². The minimum atomic E-state index is -0.0718. The molecule has 2 saturated carbocycles. The van der Waals surface area contributed by atoms with Gasteiger partial charge in [-0.05, 0) is 135 Å². The maximum absolute atomic E-state index is 2.78. The molecule has 0 atom stereocenters. The Hall–Kier alpha value is -4.10. The van der Waals surface area contributed by atoms with Crippen molar-refractivity contribution in [3.05, 3.63) is 137 Å². The lowest BCUT2D eigenvalue weighted by Gasteiger charge is -2.49. The molecule has 0 amide bonds. The Kier molecular flexibility index (Phi) is 8.80. The molecular formula is C54H63N. The molecule has 284 valence electrons. The van der Waals surface area contributed by atoms with E-state index in [-0.39, 0.29) is 21.7 Å². The Morgan fingerprint density at radius 3 is 1.67 bits per heavy atom. The first-order valence-electron chi connectivity index (χ1n) is 21.8. The molecule has 0 bridgehead atoms. The fraction of sp³-hybridized carbons (Fsp3) is 0.444. The van der Waals surface area contributed by atoms with Gasteiger partial charge in [0.25, 0.3) is 0 Å². The molecule has 55 heavy (non-hydrogen) atoms. The number of anilines is 3. The van der Waals surface area contributed by atoms with Crippen LogP contribution in [0.2, 0.25) is 0 Å². The third-order valence-electron chi connectivity index (χ3n) is 14.6. The lowest BCUT2D eigenvalue weighted by Crippen LogP contribution is -2.44. The average molecular weight is 726 g/mol. The Bertz CT molecular complexity index is 2210. The van der Waals surface area contributed by atoms with Gasteiger partial charge < -0.3 is 4.90 Å². The number of rotatable bonds is 5. The zero-order valence-corrected chi connectivity index (χ0v) is 35.0. The summed E-state index contributed by atoms with van der Waals surface area (Å²) in [5.41, 5.74) is 18.8. The quantitative estimate of drug-likeness (QED) is 0.174. The van der Waals surface area contributed by atoms with Gasteiger partial charge in [0.15, 0.2) is 0 Å². The highest BCUT2D eigenvalue weighted by molar-refractivity contribution is 5.96. The first kappa shape index (κ1) is 36.5. The summed E-state index contributed by atoms with van der Waals surface area (Å²) >= 11 is 0. The molecule has 5 aromatic carbocycles. The van der Waals surface area contributed by atoms with Crippen molar-refractivity contribution in [2.24, 2.45) is 11.8 Å². The highest BCUT2D eigenvalue weighted by atomic mass is 15.1. The summed E-state index contributed by atoms with van der Waals surface area (Å²) in [5, 5.41) is 0. The van der Waals surface area contributed by atoms with Crippen LogP contribution in [-0.2, 0) is 21.7 Å². The monoisotopic (exact) mass is 725 g/mol. The van der Waals surface area contributed by atoms with Gasteiger partial charge in [0.05, 0.1) is 5.69 Å². The molecule has 5 aromatic rings. The van der Waals surface area contributed by atoms with E-state index in [1.807, 2.05) is 0 Å². The SMILES string of the molecule is CC(C)(C)c1cc2c(cc1C(C)(C)C)C(C1CCCCC1)(C1CCCCC1)c1cccc(N(c3ccccc3)c3ccc4c(c3)C(C)(C)c3ccccc3-4)c1-2. The molecule has 9 rings (SSSR count). The van der Waals surface area contributed by atoms with Crippen LogP contribution in [0.1, 0.15) is 153 Å². The average Bonchev–Trinajstić information content (AvgIpc) is 3.61. The van der Waals surface area contributed by atoms with Crippen molar-refractivity contribution >= 4 is 17.1 Å². The fourth-order valence-corrected chi connectivity index (χ4v) is 12.1. The van der Waals surface area contributed by atoms with Crippen molar-refractivity contribution in [2.45, 2.75) is 141 Å². The molecule has 0 radical (unpaired) electrons. The van der Waals surface area contributed by atoms with Crippen LogP contribution in [0.5, 0.6) is 0 Å². The highest BCUT2D eigenvalue weighted by Crippen LogP contribution is 2.65. The second-order valence-electron chi connectivity index (χ2n) is 20.3. The number of nitrogens with zero attached hydrogens (tertiary/aromatic N) is 1. The maximum Gasteiger partial charge on any atom is 0.0543 e. The Labute approximate surface area is 332 Å². The number of hydrogen-bond acceptors (Lipinski definition) is 1. The summed E-state index contributed by atoms with van der Waals surface area (Å²) in [7, 11) is 0. The predicted octanol–water partition coefficient (Wildman–Crippen LogP) is 15.5. The van der Waals surface area contributed by atoms with Gasteiger partial charge in [0.1, 0.15) is 0 Å². The first-order chi connectivity index (χ1) is 26.3. The maximum atomic E-state index is 2.78. The summed E-state index contributed by atoms with van der Waals surface area (Å²) in [5.74, 6) is 1.33. The normalized spacial score (nSPS) is 19.1. The molecule has 0 spiro atoms. The zero-order valence-electron chi connectivity index (χ0n) is 35.0. The van der Waals surface area contributed by atoms with E-state index >= 15 is 0 Å². The second-order valence-corrected chi connectivity index (χ2v) is 20.3. The van der Waals surface area contributed by atoms with Crippen molar-refractivity contribution in [2.75, 3.05) is 4.90 Å². The molecule has 0 aromatic heterocycles. The molecule has 1 heteroatoms. The smallest absolute Gasteiger partial charge is 0.0543 e. The summed E-state index contributed by atoms with van der Waals surface area (Å²) in [6.45, 7) is 19.5. The van der Waals surface area contributed by atoms with Crippen LogP contribution in [0.15, 0.2) is 103 Å². The van der Waals surface area contributed by atoms with Crippen LogP contribution in [-0.4, -0.2) is 0 Å². The summed E-state index contributed by atoms with van der Waals surface area (Å²) in [6, 6.07) is 40.6. The van der Waals surface area contributed by atoms with Crippen LogP contribution in [0.4, 0.5) is 17.1 Å². The molecule has 0 heterocycles. The van der Waals surface area contributed by atoms with E-state index in [2.05, 4.69) is 163 Å². The topological polar surface area (TPSA) is 3.24 Å². The van der Waals surface area contributed by atoms with Gasteiger partial charge in [-0.15, -0.1) is 0 Å². The van der Waals surface area contributed by atoms with Crippen molar-refractivity contribution in [3.8, 4) is 22.3 Å². The van der Waals surface area contributed by atoms with E-state index in [1.165, 1.54) is 120 Å². The number of para-hydroxylation sites is 1. The van der Waals surface area contributed by atoms with Gasteiger partial charge in [0.2, 0.25) is 0 Å². The van der Waals surface area contributed by atoms with Crippen molar-refractivity contribution in [3.63, 3.8) is 0 Å². The van der Waals surface area contributed by atoms with Crippen molar-refractivity contribution in [1.82, 2.24) is 0 Å². The van der Waals surface area contributed by atoms with E-state index in [1.54, 1.807) is 16.7 Å². The molecule has 0 N–H and O–H groups in total. The van der Waals surface area contributed by atoms with Crippen LogP contribution in [0.25, 0.3) is 22.3 Å². The van der Waals surface area contributed by atoms with Crippen molar-refractivity contribution < 1.29 is 0 Å². The molecule has 0 saturated heterocycles. The van der Waals surface area contributed by atoms with E-state index in [0.717, 1.165) is 0 Å². The summed E-state index contributed by atoms with van der Waals surface area (Å²) < 4.78 is 0. The summed E-state index contributed by atoms with van der Waals surface area (Å²) in [6.07, 6.45) is 13.6. The molecule has 4 aliphatic rings. The fourth-order valence-electron chi connectivity index (χ4n) is 12.1. The Morgan fingerprint density at radius 2 is 1.04 bits per heavy atom. The number of fused-ring (bicyclic) bond motifs is 6. The Balaban J connectivity index is 1.36. The van der Waals surface area contributed by atoms with E-state index in [4.69, 9.17) is 0 Å². The Morgan fingerprint density at radius 1 is 0.473 bits per heavy atom. The standard InChI is InChI=1S/C54H63N/c1-51(2,3)47-34-42-46(35-48(47)52(4,5)6)54(36-21-12-9-13-22-36,37-23-14-10-15-24-37)44-29-20-30-49(50(42)44)55(38-25-16-11-17-26-38)39-31-32-41-40-27-18-19-28-43(40)53(7,8)45(41)33-39/h11,16-20,25-37H,9-10,12-15,21-24H2,1-8H3. The molecule has 2 fully saturated rings. The minimum absolute atomic E-state index is 0.0212. The van der Waals surface area contributed by atoms with Crippen LogP contribution in [0, 0.1) is 11.8 Å². The minimum Gasteiger partial charge on any atom is -0.310 e. The van der Waals surface area contributed by atoms with Crippen LogP contribution < -0.4 is 4.90 Å². The van der Waals surface area contributed by atoms with Gasteiger partial charge in [-0.1, -0.05) is 161 Å². The lowest BCUT2D eigenvalue weighted by molar-refractivity contribution is 0.137. The van der Waals surface area contributed by atoms with E-state index < -0.39 is 0 Å². The van der Waals surface area contributed by atoms with Gasteiger partial charge in [-0.2, -0.15) is 0 Å². The van der Waals surface area contributed by atoms with Crippen LogP contribution >= 0.6 is 0 Å². The number of benzene rings is 5. The molecule has 0 unspecified atom stereocenters. The summed E-state index contributed by atoms with van der Waals surface area (Å²) in [4.78, 5) is 2.62. The molecular weight excluding hydrogens is 663 g/mol. The second kappa shape index (κ2) is 13.2. The largest absolute Gasteiger partial charge is 0.310 e. The van der Waals surface area contributed by atoms with Gasteiger partial charge in [-0.25, -0.2) is 0 Å². The first-order valence-corrected chi connectivity index (χ1v) is 21.8. The predicted molar refractivity (Wildman–Crippen MR) is 235 cm³/mol. The molecule has 4 aliphatic carbocycles. The molecule has 0 aliphatic heterocycles. The van der Waals surface area contributed by atoms with Crippen LogP contribution in [0.3, 0.4) is 0 Å². The highest BCUT2D eigenvalue weighted by Gasteiger charge is 2.55. The number of hydrogen-bond donors (Lipinski definition) is 0. The molecule has 1 nitrogen and oxygen atoms in total.